The Morgan fingerprint density at radius 1 is 1.04 bits per heavy atom. The van der Waals surface area contributed by atoms with Gasteiger partial charge in [-0.15, -0.1) is 0 Å². The van der Waals surface area contributed by atoms with E-state index in [1.54, 1.807) is 30.3 Å². The highest BCUT2D eigenvalue weighted by Gasteiger charge is 2.10. The Morgan fingerprint density at radius 2 is 1.74 bits per heavy atom. The Labute approximate surface area is 134 Å². The van der Waals surface area contributed by atoms with Crippen molar-refractivity contribution in [1.29, 1.82) is 0 Å². The third-order valence-electron chi connectivity index (χ3n) is 2.78. The lowest BCUT2D eigenvalue weighted by atomic mass is 10.2. The van der Waals surface area contributed by atoms with E-state index in [-0.39, 0.29) is 23.6 Å². The number of hydrogen-bond donors (Lipinski definition) is 3. The zero-order chi connectivity index (χ0) is 16.8. The van der Waals surface area contributed by atoms with E-state index in [9.17, 15) is 9.59 Å². The van der Waals surface area contributed by atoms with E-state index in [1.165, 1.54) is 13.3 Å². The Morgan fingerprint density at radius 3 is 2.39 bits per heavy atom. The van der Waals surface area contributed by atoms with Crippen LogP contribution in [0.25, 0.3) is 0 Å². The lowest BCUT2D eigenvalue weighted by molar-refractivity contribution is -0.114. The van der Waals surface area contributed by atoms with Gasteiger partial charge in [0.15, 0.2) is 0 Å². The van der Waals surface area contributed by atoms with E-state index in [0.29, 0.717) is 17.2 Å². The van der Waals surface area contributed by atoms with E-state index < -0.39 is 0 Å². The van der Waals surface area contributed by atoms with E-state index in [4.69, 9.17) is 0 Å². The van der Waals surface area contributed by atoms with Crippen LogP contribution in [0.15, 0.2) is 36.7 Å². The van der Waals surface area contributed by atoms with Gasteiger partial charge in [0, 0.05) is 30.4 Å². The topological polar surface area (TPSA) is 96.0 Å². The summed E-state index contributed by atoms with van der Waals surface area (Å²) < 4.78 is 0. The minimum absolute atomic E-state index is 0.173. The van der Waals surface area contributed by atoms with Crippen molar-refractivity contribution in [2.75, 3.05) is 16.0 Å². The minimum atomic E-state index is -0.348. The number of carbonyl (C=O) groups is 2. The first-order valence-corrected chi connectivity index (χ1v) is 7.21. The van der Waals surface area contributed by atoms with E-state index in [0.717, 1.165) is 0 Å². The molecule has 0 bridgehead atoms. The lowest BCUT2D eigenvalue weighted by Gasteiger charge is -2.10. The van der Waals surface area contributed by atoms with E-state index in [2.05, 4.69) is 25.9 Å². The van der Waals surface area contributed by atoms with Crippen LogP contribution in [0.5, 0.6) is 0 Å². The second kappa shape index (κ2) is 7.35. The maximum absolute atomic E-state index is 12.3. The molecule has 2 rings (SSSR count). The van der Waals surface area contributed by atoms with Gasteiger partial charge in [-0.05, 0) is 32.0 Å². The van der Waals surface area contributed by atoms with Gasteiger partial charge in [0.1, 0.15) is 17.8 Å². The van der Waals surface area contributed by atoms with Crippen molar-refractivity contribution in [1.82, 2.24) is 9.97 Å². The fourth-order valence-electron chi connectivity index (χ4n) is 1.93. The van der Waals surface area contributed by atoms with E-state index >= 15 is 0 Å². The first-order chi connectivity index (χ1) is 10.9. The number of nitrogens with zero attached hydrogens (tertiary/aromatic N) is 2. The quantitative estimate of drug-likeness (QED) is 0.788. The number of aromatic nitrogens is 2. The van der Waals surface area contributed by atoms with Crippen LogP contribution in [0.4, 0.5) is 17.2 Å². The molecule has 0 aliphatic carbocycles. The fraction of sp³-hybridized carbons (Fsp3) is 0.250. The predicted octanol–water partition coefficient (Wildman–Crippen LogP) is 2.51. The summed E-state index contributed by atoms with van der Waals surface area (Å²) >= 11 is 0. The van der Waals surface area contributed by atoms with Gasteiger partial charge in [-0.3, -0.25) is 9.59 Å². The molecule has 2 amide bonds. The van der Waals surface area contributed by atoms with Crippen LogP contribution < -0.4 is 16.0 Å². The van der Waals surface area contributed by atoms with Crippen LogP contribution in [-0.4, -0.2) is 27.8 Å². The summed E-state index contributed by atoms with van der Waals surface area (Å²) in [6.45, 7) is 5.39. The molecular formula is C16H19N5O2. The average molecular weight is 313 g/mol. The highest BCUT2D eigenvalue weighted by molar-refractivity contribution is 6.03. The fourth-order valence-corrected chi connectivity index (χ4v) is 1.93. The molecule has 0 atom stereocenters. The molecule has 0 aliphatic heterocycles. The Bertz CT molecular complexity index is 715. The average Bonchev–Trinajstić information content (AvgIpc) is 2.46. The van der Waals surface area contributed by atoms with Gasteiger partial charge in [-0.1, -0.05) is 6.07 Å². The Balaban J connectivity index is 2.11. The van der Waals surface area contributed by atoms with Crippen LogP contribution in [0.1, 0.15) is 31.3 Å². The second-order valence-electron chi connectivity index (χ2n) is 5.30. The molecule has 0 spiro atoms. The molecule has 1 aromatic heterocycles. The van der Waals surface area contributed by atoms with Crippen molar-refractivity contribution in [3.63, 3.8) is 0 Å². The van der Waals surface area contributed by atoms with Gasteiger partial charge < -0.3 is 16.0 Å². The van der Waals surface area contributed by atoms with Gasteiger partial charge in [-0.2, -0.15) is 0 Å². The summed E-state index contributed by atoms with van der Waals surface area (Å²) in [6.07, 6.45) is 1.34. The molecule has 0 saturated carbocycles. The van der Waals surface area contributed by atoms with Crippen molar-refractivity contribution in [2.24, 2.45) is 0 Å². The van der Waals surface area contributed by atoms with Crippen LogP contribution in [-0.2, 0) is 4.79 Å². The molecule has 1 aromatic carbocycles. The Hall–Kier alpha value is -2.96. The van der Waals surface area contributed by atoms with Crippen LogP contribution >= 0.6 is 0 Å². The number of amides is 2. The molecule has 0 radical (unpaired) electrons. The molecule has 120 valence electrons. The maximum Gasteiger partial charge on any atom is 0.274 e. The second-order valence-corrected chi connectivity index (χ2v) is 5.30. The van der Waals surface area contributed by atoms with Crippen molar-refractivity contribution in [2.45, 2.75) is 26.8 Å². The number of hydrogen-bond acceptors (Lipinski definition) is 5. The third kappa shape index (κ3) is 5.06. The number of nitrogens with one attached hydrogen (secondary N) is 3. The molecule has 23 heavy (non-hydrogen) atoms. The standard InChI is InChI=1S/C16H19N5O2/c1-10(2)19-15-8-14(17-9-18-15)16(23)21-13-6-4-5-12(7-13)20-11(3)22/h4-10H,1-3H3,(H,20,22)(H,21,23)(H,17,18,19). The number of benzene rings is 1. The molecule has 7 heteroatoms. The van der Waals surface area contributed by atoms with Gasteiger partial charge in [0.25, 0.3) is 5.91 Å². The molecule has 3 N–H and O–H groups in total. The van der Waals surface area contributed by atoms with Crippen LogP contribution in [0.2, 0.25) is 0 Å². The van der Waals surface area contributed by atoms with E-state index in [1.807, 2.05) is 13.8 Å². The molecule has 0 saturated heterocycles. The van der Waals surface area contributed by atoms with Crippen molar-refractivity contribution in [3.8, 4) is 0 Å². The van der Waals surface area contributed by atoms with Gasteiger partial charge in [0.05, 0.1) is 0 Å². The largest absolute Gasteiger partial charge is 0.368 e. The smallest absolute Gasteiger partial charge is 0.274 e. The maximum atomic E-state index is 12.3. The van der Waals surface area contributed by atoms with Crippen molar-refractivity contribution >= 4 is 29.0 Å². The number of carbonyl (C=O) groups excluding carboxylic acids is 2. The Kier molecular flexibility index (Phi) is 5.24. The van der Waals surface area contributed by atoms with Crippen LogP contribution in [0.3, 0.4) is 0 Å². The number of anilines is 3. The summed E-state index contributed by atoms with van der Waals surface area (Å²) in [4.78, 5) is 31.4. The highest BCUT2D eigenvalue weighted by atomic mass is 16.2. The minimum Gasteiger partial charge on any atom is -0.368 e. The summed E-state index contributed by atoms with van der Waals surface area (Å²) in [7, 11) is 0. The molecule has 1 heterocycles. The number of rotatable bonds is 5. The summed E-state index contributed by atoms with van der Waals surface area (Å²) in [5.74, 6) is 0.0695. The molecule has 0 unspecified atom stereocenters. The highest BCUT2D eigenvalue weighted by Crippen LogP contribution is 2.16. The monoisotopic (exact) mass is 313 g/mol. The van der Waals surface area contributed by atoms with Gasteiger partial charge >= 0.3 is 0 Å². The summed E-state index contributed by atoms with van der Waals surface area (Å²) in [5, 5.41) is 8.52. The zero-order valence-electron chi connectivity index (χ0n) is 13.3. The zero-order valence-corrected chi connectivity index (χ0v) is 13.3. The summed E-state index contributed by atoms with van der Waals surface area (Å²) in [5.41, 5.74) is 1.44. The van der Waals surface area contributed by atoms with Crippen molar-refractivity contribution < 1.29 is 9.59 Å². The molecule has 7 nitrogen and oxygen atoms in total. The van der Waals surface area contributed by atoms with Gasteiger partial charge in [0.2, 0.25) is 5.91 Å². The molecule has 0 aliphatic rings. The molecule has 0 fully saturated rings. The third-order valence-corrected chi connectivity index (χ3v) is 2.78. The summed E-state index contributed by atoms with van der Waals surface area (Å²) in [6, 6.07) is 8.69. The first kappa shape index (κ1) is 16.4. The van der Waals surface area contributed by atoms with Crippen LogP contribution in [0, 0.1) is 0 Å². The van der Waals surface area contributed by atoms with Gasteiger partial charge in [-0.25, -0.2) is 9.97 Å². The molecular weight excluding hydrogens is 294 g/mol. The lowest BCUT2D eigenvalue weighted by Crippen LogP contribution is -2.16. The normalized spacial score (nSPS) is 10.3. The first-order valence-electron chi connectivity index (χ1n) is 7.21. The SMILES string of the molecule is CC(=O)Nc1cccc(NC(=O)c2cc(NC(C)C)ncn2)c1. The predicted molar refractivity (Wildman–Crippen MR) is 89.5 cm³/mol. The molecule has 2 aromatic rings. The van der Waals surface area contributed by atoms with Crippen molar-refractivity contribution in [3.05, 3.63) is 42.4 Å².